The van der Waals surface area contributed by atoms with Crippen LogP contribution in [0, 0.1) is 0 Å². The van der Waals surface area contributed by atoms with Gasteiger partial charge in [-0.05, 0) is 36.4 Å². The predicted octanol–water partition coefficient (Wildman–Crippen LogP) is 1.98. The molecule has 0 spiro atoms. The number of methoxy groups -OCH3 is 2. The molecule has 0 aliphatic heterocycles. The Labute approximate surface area is 160 Å². The van der Waals surface area contributed by atoms with Crippen LogP contribution in [0.25, 0.3) is 0 Å². The fourth-order valence-corrected chi connectivity index (χ4v) is 2.14. The van der Waals surface area contributed by atoms with Crippen LogP contribution < -0.4 is 20.3 Å². The summed E-state index contributed by atoms with van der Waals surface area (Å²) in [6, 6.07) is 10.6. The summed E-state index contributed by atoms with van der Waals surface area (Å²) in [5.41, 5.74) is 4.80. The summed E-state index contributed by atoms with van der Waals surface area (Å²) < 4.78 is 15.1. The van der Waals surface area contributed by atoms with E-state index in [9.17, 15) is 14.4 Å². The Hall–Kier alpha value is -3.26. The molecule has 0 aromatic heterocycles. The summed E-state index contributed by atoms with van der Waals surface area (Å²) in [6.07, 6.45) is 0. The number of esters is 1. The number of amides is 2. The number of benzene rings is 2. The largest absolute Gasteiger partial charge is 0.497 e. The molecular formula is C18H17ClN2O6. The number of rotatable bonds is 6. The third kappa shape index (κ3) is 5.61. The van der Waals surface area contributed by atoms with Gasteiger partial charge in [-0.15, -0.1) is 0 Å². The SMILES string of the molecule is COc1ccc(C(=O)OCC(=O)NNC(=O)c2ccc(Cl)cc2)c(OC)c1. The van der Waals surface area contributed by atoms with Gasteiger partial charge in [0.1, 0.15) is 17.1 Å². The molecule has 142 valence electrons. The Balaban J connectivity index is 1.85. The molecule has 2 amide bonds. The molecule has 0 saturated heterocycles. The first-order valence-corrected chi connectivity index (χ1v) is 8.06. The molecule has 0 unspecified atom stereocenters. The molecule has 0 radical (unpaired) electrons. The zero-order chi connectivity index (χ0) is 19.8. The van der Waals surface area contributed by atoms with Crippen LogP contribution in [0.4, 0.5) is 0 Å². The molecule has 2 aromatic carbocycles. The number of halogens is 1. The summed E-state index contributed by atoms with van der Waals surface area (Å²) in [4.78, 5) is 35.7. The molecule has 2 N–H and O–H groups in total. The van der Waals surface area contributed by atoms with Gasteiger partial charge in [-0.2, -0.15) is 0 Å². The van der Waals surface area contributed by atoms with Gasteiger partial charge in [-0.1, -0.05) is 11.6 Å². The lowest BCUT2D eigenvalue weighted by atomic mass is 10.2. The summed E-state index contributed by atoms with van der Waals surface area (Å²) in [7, 11) is 2.87. The van der Waals surface area contributed by atoms with E-state index in [1.807, 2.05) is 0 Å². The van der Waals surface area contributed by atoms with Gasteiger partial charge in [0.15, 0.2) is 6.61 Å². The monoisotopic (exact) mass is 392 g/mol. The normalized spacial score (nSPS) is 9.89. The fraction of sp³-hybridized carbons (Fsp3) is 0.167. The molecule has 0 saturated carbocycles. The predicted molar refractivity (Wildman–Crippen MR) is 96.9 cm³/mol. The molecule has 2 aromatic rings. The number of carbonyl (C=O) groups is 3. The van der Waals surface area contributed by atoms with Crippen LogP contribution in [-0.4, -0.2) is 38.6 Å². The van der Waals surface area contributed by atoms with Crippen molar-refractivity contribution in [2.75, 3.05) is 20.8 Å². The van der Waals surface area contributed by atoms with Crippen LogP contribution in [-0.2, 0) is 9.53 Å². The number of carbonyl (C=O) groups excluding carboxylic acids is 3. The second-order valence-corrected chi connectivity index (χ2v) is 5.59. The minimum absolute atomic E-state index is 0.135. The highest BCUT2D eigenvalue weighted by Crippen LogP contribution is 2.25. The Kier molecular flexibility index (Phi) is 7.01. The second kappa shape index (κ2) is 9.44. The highest BCUT2D eigenvalue weighted by atomic mass is 35.5. The summed E-state index contributed by atoms with van der Waals surface area (Å²) in [5, 5.41) is 0.483. The first-order valence-electron chi connectivity index (χ1n) is 7.68. The first-order chi connectivity index (χ1) is 12.9. The lowest BCUT2D eigenvalue weighted by Gasteiger charge is -2.11. The van der Waals surface area contributed by atoms with Gasteiger partial charge >= 0.3 is 5.97 Å². The number of ether oxygens (including phenoxy) is 3. The summed E-state index contributed by atoms with van der Waals surface area (Å²) in [6.45, 7) is -0.588. The average molecular weight is 393 g/mol. The van der Waals surface area contributed by atoms with Crippen molar-refractivity contribution in [3.63, 3.8) is 0 Å². The van der Waals surface area contributed by atoms with Gasteiger partial charge in [0.2, 0.25) is 0 Å². The van der Waals surface area contributed by atoms with Gasteiger partial charge in [-0.25, -0.2) is 4.79 Å². The van der Waals surface area contributed by atoms with Crippen molar-refractivity contribution in [2.45, 2.75) is 0 Å². The molecular weight excluding hydrogens is 376 g/mol. The first kappa shape index (κ1) is 20.1. The van der Waals surface area contributed by atoms with Crippen molar-refractivity contribution in [2.24, 2.45) is 0 Å². The lowest BCUT2D eigenvalue weighted by molar-refractivity contribution is -0.125. The summed E-state index contributed by atoms with van der Waals surface area (Å²) >= 11 is 5.74. The third-order valence-corrected chi connectivity index (χ3v) is 3.64. The van der Waals surface area contributed by atoms with Crippen molar-refractivity contribution in [1.29, 1.82) is 0 Å². The van der Waals surface area contributed by atoms with E-state index in [0.29, 0.717) is 16.3 Å². The van der Waals surface area contributed by atoms with E-state index in [0.717, 1.165) is 0 Å². The van der Waals surface area contributed by atoms with Crippen LogP contribution in [0.2, 0.25) is 5.02 Å². The standard InChI is InChI=1S/C18H17ClN2O6/c1-25-13-7-8-14(15(9-13)26-2)18(24)27-10-16(22)20-21-17(23)11-3-5-12(19)6-4-11/h3-9H,10H2,1-2H3,(H,20,22)(H,21,23). The Morgan fingerprint density at radius 2 is 1.67 bits per heavy atom. The van der Waals surface area contributed by atoms with Gasteiger partial charge in [-0.3, -0.25) is 20.4 Å². The quantitative estimate of drug-likeness (QED) is 0.575. The van der Waals surface area contributed by atoms with Crippen molar-refractivity contribution in [3.05, 3.63) is 58.6 Å². The Morgan fingerprint density at radius 3 is 2.30 bits per heavy atom. The second-order valence-electron chi connectivity index (χ2n) is 5.15. The molecule has 27 heavy (non-hydrogen) atoms. The maximum Gasteiger partial charge on any atom is 0.342 e. The molecule has 9 heteroatoms. The maximum atomic E-state index is 12.1. The van der Waals surface area contributed by atoms with Crippen molar-refractivity contribution >= 4 is 29.4 Å². The molecule has 0 bridgehead atoms. The molecule has 8 nitrogen and oxygen atoms in total. The van der Waals surface area contributed by atoms with Crippen LogP contribution in [0.5, 0.6) is 11.5 Å². The highest BCUT2D eigenvalue weighted by Gasteiger charge is 2.16. The van der Waals surface area contributed by atoms with Crippen LogP contribution in [0.1, 0.15) is 20.7 Å². The van der Waals surface area contributed by atoms with Gasteiger partial charge < -0.3 is 14.2 Å². The van der Waals surface area contributed by atoms with E-state index in [-0.39, 0.29) is 11.3 Å². The topological polar surface area (TPSA) is 103 Å². The Morgan fingerprint density at radius 1 is 0.963 bits per heavy atom. The zero-order valence-corrected chi connectivity index (χ0v) is 15.3. The molecule has 0 fully saturated rings. The molecule has 0 heterocycles. The molecule has 0 aliphatic carbocycles. The minimum atomic E-state index is -0.756. The highest BCUT2D eigenvalue weighted by molar-refractivity contribution is 6.30. The van der Waals surface area contributed by atoms with E-state index in [2.05, 4.69) is 10.9 Å². The van der Waals surface area contributed by atoms with Gasteiger partial charge in [0.25, 0.3) is 11.8 Å². The molecule has 0 aliphatic rings. The minimum Gasteiger partial charge on any atom is -0.497 e. The molecule has 0 atom stereocenters. The average Bonchev–Trinajstić information content (AvgIpc) is 2.70. The van der Waals surface area contributed by atoms with Gasteiger partial charge in [0, 0.05) is 16.7 Å². The summed E-state index contributed by atoms with van der Waals surface area (Å²) in [5.74, 6) is -1.25. The number of hydrogen-bond donors (Lipinski definition) is 2. The smallest absolute Gasteiger partial charge is 0.342 e. The Bertz CT molecular complexity index is 838. The van der Waals surface area contributed by atoms with E-state index >= 15 is 0 Å². The lowest BCUT2D eigenvalue weighted by Crippen LogP contribution is -2.43. The number of nitrogens with one attached hydrogen (secondary N) is 2. The zero-order valence-electron chi connectivity index (χ0n) is 14.6. The number of hydrogen-bond acceptors (Lipinski definition) is 6. The van der Waals surface area contributed by atoms with Crippen LogP contribution in [0.3, 0.4) is 0 Å². The van der Waals surface area contributed by atoms with E-state index < -0.39 is 24.4 Å². The van der Waals surface area contributed by atoms with Crippen molar-refractivity contribution < 1.29 is 28.6 Å². The number of hydrazine groups is 1. The van der Waals surface area contributed by atoms with Crippen LogP contribution in [0.15, 0.2) is 42.5 Å². The van der Waals surface area contributed by atoms with Crippen LogP contribution >= 0.6 is 11.6 Å². The molecule has 2 rings (SSSR count). The van der Waals surface area contributed by atoms with E-state index in [1.54, 1.807) is 18.2 Å². The fourth-order valence-electron chi connectivity index (χ4n) is 2.01. The maximum absolute atomic E-state index is 12.1. The van der Waals surface area contributed by atoms with Crippen molar-refractivity contribution in [1.82, 2.24) is 10.9 Å². The third-order valence-electron chi connectivity index (χ3n) is 3.38. The van der Waals surface area contributed by atoms with Gasteiger partial charge in [0.05, 0.1) is 14.2 Å². The van der Waals surface area contributed by atoms with E-state index in [1.165, 1.54) is 38.5 Å². The van der Waals surface area contributed by atoms with Crippen molar-refractivity contribution in [3.8, 4) is 11.5 Å². The van der Waals surface area contributed by atoms with E-state index in [4.69, 9.17) is 25.8 Å².